The number of alkyl halides is 3. The van der Waals surface area contributed by atoms with Crippen LogP contribution in [0.5, 0.6) is 5.75 Å². The lowest BCUT2D eigenvalue weighted by molar-refractivity contribution is -0.179. The van der Waals surface area contributed by atoms with E-state index in [1.54, 1.807) is 0 Å². The summed E-state index contributed by atoms with van der Waals surface area (Å²) >= 11 is 0. The standard InChI is InChI=1S/C12H12F3NO2/c1-7-10(12(13,14)15)6-16(11(7)18)8-2-4-9(17)5-3-8/h2-5,7,10,17H,6H2,1H3. The zero-order chi connectivity index (χ0) is 13.5. The van der Waals surface area contributed by atoms with Crippen LogP contribution in [0.1, 0.15) is 6.92 Å². The van der Waals surface area contributed by atoms with Crippen LogP contribution in [-0.2, 0) is 4.79 Å². The Morgan fingerprint density at radius 2 is 1.83 bits per heavy atom. The van der Waals surface area contributed by atoms with E-state index in [-0.39, 0.29) is 12.3 Å². The molecule has 0 aromatic heterocycles. The lowest BCUT2D eigenvalue weighted by Gasteiger charge is -2.18. The van der Waals surface area contributed by atoms with Crippen LogP contribution in [0, 0.1) is 11.8 Å². The smallest absolute Gasteiger partial charge is 0.394 e. The summed E-state index contributed by atoms with van der Waals surface area (Å²) in [5, 5.41) is 9.12. The summed E-state index contributed by atoms with van der Waals surface area (Å²) in [6.07, 6.45) is -4.37. The summed E-state index contributed by atoms with van der Waals surface area (Å²) in [6, 6.07) is 5.54. The number of benzene rings is 1. The van der Waals surface area contributed by atoms with Gasteiger partial charge in [-0.05, 0) is 24.3 Å². The van der Waals surface area contributed by atoms with Gasteiger partial charge >= 0.3 is 6.18 Å². The Labute approximate surface area is 102 Å². The van der Waals surface area contributed by atoms with E-state index in [1.807, 2.05) is 0 Å². The molecular weight excluding hydrogens is 247 g/mol. The average Bonchev–Trinajstić information content (AvgIpc) is 2.57. The first-order chi connectivity index (χ1) is 8.30. The van der Waals surface area contributed by atoms with Gasteiger partial charge in [0, 0.05) is 18.2 Å². The molecule has 1 aromatic rings. The van der Waals surface area contributed by atoms with Crippen molar-refractivity contribution in [2.75, 3.05) is 11.4 Å². The number of rotatable bonds is 1. The first-order valence-electron chi connectivity index (χ1n) is 5.48. The molecule has 1 fully saturated rings. The third-order valence-corrected chi connectivity index (χ3v) is 3.22. The topological polar surface area (TPSA) is 40.5 Å². The van der Waals surface area contributed by atoms with Gasteiger partial charge in [0.2, 0.25) is 5.91 Å². The summed E-state index contributed by atoms with van der Waals surface area (Å²) in [7, 11) is 0. The molecule has 18 heavy (non-hydrogen) atoms. The number of carbonyl (C=O) groups is 1. The van der Waals surface area contributed by atoms with Gasteiger partial charge in [-0.25, -0.2) is 0 Å². The van der Waals surface area contributed by atoms with Gasteiger partial charge < -0.3 is 10.0 Å². The lowest BCUT2D eigenvalue weighted by Crippen LogP contribution is -2.29. The average molecular weight is 259 g/mol. The number of phenolic OH excluding ortho intramolecular Hbond substituents is 1. The molecule has 0 spiro atoms. The fourth-order valence-corrected chi connectivity index (χ4v) is 2.11. The highest BCUT2D eigenvalue weighted by Gasteiger charge is 2.52. The van der Waals surface area contributed by atoms with Crippen LogP contribution >= 0.6 is 0 Å². The van der Waals surface area contributed by atoms with Gasteiger partial charge in [-0.2, -0.15) is 13.2 Å². The van der Waals surface area contributed by atoms with Crippen LogP contribution in [0.15, 0.2) is 24.3 Å². The monoisotopic (exact) mass is 259 g/mol. The Morgan fingerprint density at radius 1 is 1.28 bits per heavy atom. The second-order valence-corrected chi connectivity index (χ2v) is 4.40. The van der Waals surface area contributed by atoms with Gasteiger partial charge in [-0.15, -0.1) is 0 Å². The summed E-state index contributed by atoms with van der Waals surface area (Å²) in [6.45, 7) is 0.926. The Bertz CT molecular complexity index is 455. The molecule has 0 radical (unpaired) electrons. The third-order valence-electron chi connectivity index (χ3n) is 3.22. The van der Waals surface area contributed by atoms with Crippen molar-refractivity contribution in [1.29, 1.82) is 0 Å². The Morgan fingerprint density at radius 3 is 2.28 bits per heavy atom. The molecule has 1 heterocycles. The van der Waals surface area contributed by atoms with E-state index >= 15 is 0 Å². The molecule has 1 saturated heterocycles. The number of amides is 1. The molecule has 0 bridgehead atoms. The quantitative estimate of drug-likeness (QED) is 0.842. The molecule has 1 N–H and O–H groups in total. The predicted molar refractivity (Wildman–Crippen MR) is 59.2 cm³/mol. The van der Waals surface area contributed by atoms with Crippen LogP contribution in [0.2, 0.25) is 0 Å². The number of nitrogens with zero attached hydrogens (tertiary/aromatic N) is 1. The number of aromatic hydroxyl groups is 1. The van der Waals surface area contributed by atoms with Gasteiger partial charge in [-0.1, -0.05) is 6.92 Å². The highest BCUT2D eigenvalue weighted by molar-refractivity contribution is 5.97. The van der Waals surface area contributed by atoms with Crippen molar-refractivity contribution >= 4 is 11.6 Å². The normalized spacial score (nSPS) is 24.7. The van der Waals surface area contributed by atoms with Crippen molar-refractivity contribution in [3.63, 3.8) is 0 Å². The SMILES string of the molecule is CC1C(=O)N(c2ccc(O)cc2)CC1C(F)(F)F. The van der Waals surface area contributed by atoms with E-state index < -0.39 is 23.9 Å². The molecule has 2 unspecified atom stereocenters. The van der Waals surface area contributed by atoms with Gasteiger partial charge in [0.15, 0.2) is 0 Å². The number of hydrogen-bond acceptors (Lipinski definition) is 2. The lowest BCUT2D eigenvalue weighted by atomic mass is 9.97. The van der Waals surface area contributed by atoms with Crippen molar-refractivity contribution in [3.05, 3.63) is 24.3 Å². The van der Waals surface area contributed by atoms with Gasteiger partial charge in [0.05, 0.1) is 5.92 Å². The number of phenols is 1. The minimum atomic E-state index is -4.37. The van der Waals surface area contributed by atoms with Gasteiger partial charge in [-0.3, -0.25) is 4.79 Å². The van der Waals surface area contributed by atoms with Crippen molar-refractivity contribution < 1.29 is 23.1 Å². The largest absolute Gasteiger partial charge is 0.508 e. The first-order valence-corrected chi connectivity index (χ1v) is 5.48. The highest BCUT2D eigenvalue weighted by Crippen LogP contribution is 2.39. The Hall–Kier alpha value is -1.72. The number of carbonyl (C=O) groups excluding carboxylic acids is 1. The second kappa shape index (κ2) is 4.19. The summed E-state index contributed by atoms with van der Waals surface area (Å²) in [5.74, 6) is -3.24. The van der Waals surface area contributed by atoms with Crippen LogP contribution in [0.25, 0.3) is 0 Å². The molecule has 2 atom stereocenters. The fraction of sp³-hybridized carbons (Fsp3) is 0.417. The van der Waals surface area contributed by atoms with Crippen LogP contribution in [0.3, 0.4) is 0 Å². The molecule has 1 aromatic carbocycles. The maximum absolute atomic E-state index is 12.7. The molecule has 3 nitrogen and oxygen atoms in total. The summed E-state index contributed by atoms with van der Waals surface area (Å²) in [4.78, 5) is 12.9. The highest BCUT2D eigenvalue weighted by atomic mass is 19.4. The van der Waals surface area contributed by atoms with E-state index in [0.29, 0.717) is 5.69 Å². The van der Waals surface area contributed by atoms with Gasteiger partial charge in [0.1, 0.15) is 5.75 Å². The number of halogens is 3. The van der Waals surface area contributed by atoms with E-state index in [9.17, 15) is 18.0 Å². The van der Waals surface area contributed by atoms with Crippen LogP contribution in [0.4, 0.5) is 18.9 Å². The van der Waals surface area contributed by atoms with Crippen molar-refractivity contribution in [3.8, 4) is 5.75 Å². The van der Waals surface area contributed by atoms with Crippen molar-refractivity contribution in [1.82, 2.24) is 0 Å². The van der Waals surface area contributed by atoms with E-state index in [0.717, 1.165) is 4.90 Å². The molecule has 1 aliphatic heterocycles. The third kappa shape index (κ3) is 2.14. The maximum Gasteiger partial charge on any atom is 0.394 e. The number of anilines is 1. The Balaban J connectivity index is 2.26. The molecule has 0 aliphatic carbocycles. The molecule has 0 saturated carbocycles. The molecule has 2 rings (SSSR count). The fourth-order valence-electron chi connectivity index (χ4n) is 2.11. The Kier molecular flexibility index (Phi) is 2.96. The maximum atomic E-state index is 12.7. The summed E-state index contributed by atoms with van der Waals surface area (Å²) in [5.41, 5.74) is 0.372. The van der Waals surface area contributed by atoms with Crippen molar-refractivity contribution in [2.45, 2.75) is 13.1 Å². The van der Waals surface area contributed by atoms with E-state index in [2.05, 4.69) is 0 Å². The second-order valence-electron chi connectivity index (χ2n) is 4.40. The molecule has 98 valence electrons. The van der Waals surface area contributed by atoms with Gasteiger partial charge in [0.25, 0.3) is 0 Å². The first kappa shape index (κ1) is 12.7. The molecule has 1 amide bonds. The van der Waals surface area contributed by atoms with Crippen molar-refractivity contribution in [2.24, 2.45) is 11.8 Å². The summed E-state index contributed by atoms with van der Waals surface area (Å²) < 4.78 is 38.2. The van der Waals surface area contributed by atoms with E-state index in [1.165, 1.54) is 31.2 Å². The van der Waals surface area contributed by atoms with Crippen LogP contribution in [-0.4, -0.2) is 23.7 Å². The minimum Gasteiger partial charge on any atom is -0.508 e. The van der Waals surface area contributed by atoms with E-state index in [4.69, 9.17) is 5.11 Å². The molecular formula is C12H12F3NO2. The molecule has 6 heteroatoms. The van der Waals surface area contributed by atoms with Crippen LogP contribution < -0.4 is 4.90 Å². The zero-order valence-corrected chi connectivity index (χ0v) is 9.61. The zero-order valence-electron chi connectivity index (χ0n) is 9.61. The number of hydrogen-bond donors (Lipinski definition) is 1. The molecule has 1 aliphatic rings. The predicted octanol–water partition coefficient (Wildman–Crippen LogP) is 2.55. The minimum absolute atomic E-state index is 0.00538.